The summed E-state index contributed by atoms with van der Waals surface area (Å²) in [5, 5.41) is 5.48. The molecular formula is C14H16N4O2. The van der Waals surface area contributed by atoms with Crippen LogP contribution in [0.4, 0.5) is 11.4 Å². The van der Waals surface area contributed by atoms with Crippen LogP contribution in [0.3, 0.4) is 0 Å². The average Bonchev–Trinajstić information content (AvgIpc) is 2.92. The van der Waals surface area contributed by atoms with Crippen molar-refractivity contribution in [3.8, 4) is 0 Å². The van der Waals surface area contributed by atoms with E-state index in [9.17, 15) is 9.59 Å². The Balaban J connectivity index is 2.24. The molecule has 0 aliphatic rings. The van der Waals surface area contributed by atoms with E-state index >= 15 is 0 Å². The van der Waals surface area contributed by atoms with Gasteiger partial charge < -0.3 is 15.6 Å². The van der Waals surface area contributed by atoms with Crippen molar-refractivity contribution in [2.45, 2.75) is 20.3 Å². The zero-order valence-electron chi connectivity index (χ0n) is 11.4. The van der Waals surface area contributed by atoms with Crippen LogP contribution in [0.1, 0.15) is 30.0 Å². The molecule has 20 heavy (non-hydrogen) atoms. The largest absolute Gasteiger partial charge is 0.341 e. The Labute approximate surface area is 116 Å². The summed E-state index contributed by atoms with van der Waals surface area (Å²) in [6.45, 7) is 3.44. The molecule has 0 atom stereocenters. The molecule has 6 nitrogen and oxygen atoms in total. The average molecular weight is 272 g/mol. The van der Waals surface area contributed by atoms with Crippen LogP contribution in [0, 0.1) is 0 Å². The summed E-state index contributed by atoms with van der Waals surface area (Å²) in [6.07, 6.45) is 3.88. The lowest BCUT2D eigenvalue weighted by Gasteiger charge is -2.11. The number of hydrogen-bond acceptors (Lipinski definition) is 3. The minimum absolute atomic E-state index is 0.155. The summed E-state index contributed by atoms with van der Waals surface area (Å²) in [5.74, 6) is -0.223. The number of aromatic nitrogens is 2. The zero-order chi connectivity index (χ0) is 14.5. The molecule has 2 amide bonds. The number of hydrogen-bond donors (Lipinski definition) is 3. The molecule has 0 bridgehead atoms. The lowest BCUT2D eigenvalue weighted by atomic mass is 10.1. The van der Waals surface area contributed by atoms with Crippen LogP contribution in [0.2, 0.25) is 0 Å². The maximum Gasteiger partial charge on any atom is 0.291 e. The molecule has 0 saturated carbocycles. The van der Waals surface area contributed by atoms with E-state index in [0.717, 1.165) is 12.0 Å². The first kappa shape index (κ1) is 13.8. The summed E-state index contributed by atoms with van der Waals surface area (Å²) in [5.41, 5.74) is 2.30. The first-order valence-corrected chi connectivity index (χ1v) is 6.31. The molecule has 2 rings (SSSR count). The van der Waals surface area contributed by atoms with Gasteiger partial charge in [0, 0.05) is 30.7 Å². The van der Waals surface area contributed by atoms with Crippen molar-refractivity contribution in [3.63, 3.8) is 0 Å². The molecule has 2 aromatic rings. The third-order valence-electron chi connectivity index (χ3n) is 2.77. The number of imidazole rings is 1. The van der Waals surface area contributed by atoms with Crippen molar-refractivity contribution >= 4 is 23.2 Å². The number of nitrogens with one attached hydrogen (secondary N) is 3. The van der Waals surface area contributed by atoms with Crippen LogP contribution in [0.25, 0.3) is 0 Å². The molecule has 1 aromatic heterocycles. The van der Waals surface area contributed by atoms with Gasteiger partial charge >= 0.3 is 0 Å². The van der Waals surface area contributed by atoms with Gasteiger partial charge in [0.25, 0.3) is 5.91 Å². The molecule has 1 aromatic carbocycles. The fourth-order valence-corrected chi connectivity index (χ4v) is 1.85. The number of aryl methyl sites for hydroxylation is 1. The Bertz CT molecular complexity index is 620. The summed E-state index contributed by atoms with van der Waals surface area (Å²) in [4.78, 5) is 29.7. The van der Waals surface area contributed by atoms with E-state index in [0.29, 0.717) is 11.4 Å². The van der Waals surface area contributed by atoms with Gasteiger partial charge in [0.15, 0.2) is 5.82 Å². The van der Waals surface area contributed by atoms with Crippen molar-refractivity contribution in [2.24, 2.45) is 0 Å². The monoisotopic (exact) mass is 272 g/mol. The second-order valence-corrected chi connectivity index (χ2v) is 4.30. The van der Waals surface area contributed by atoms with E-state index in [1.807, 2.05) is 19.1 Å². The van der Waals surface area contributed by atoms with E-state index in [1.165, 1.54) is 13.1 Å². The van der Waals surface area contributed by atoms with Crippen molar-refractivity contribution in [1.29, 1.82) is 0 Å². The molecule has 0 aliphatic heterocycles. The Morgan fingerprint density at radius 3 is 2.70 bits per heavy atom. The van der Waals surface area contributed by atoms with Crippen LogP contribution in [-0.2, 0) is 11.2 Å². The molecule has 0 fully saturated rings. The standard InChI is InChI=1S/C14H16N4O2/c1-3-10-4-5-11(17-9(2)19)8-12(10)18-14(20)13-15-6-7-16-13/h4-8H,3H2,1-2H3,(H,15,16)(H,17,19)(H,18,20). The fraction of sp³-hybridized carbons (Fsp3) is 0.214. The van der Waals surface area contributed by atoms with Crippen molar-refractivity contribution in [1.82, 2.24) is 9.97 Å². The lowest BCUT2D eigenvalue weighted by molar-refractivity contribution is -0.114. The molecule has 1 heterocycles. The highest BCUT2D eigenvalue weighted by Crippen LogP contribution is 2.22. The quantitative estimate of drug-likeness (QED) is 0.797. The van der Waals surface area contributed by atoms with Gasteiger partial charge in [-0.05, 0) is 24.1 Å². The normalized spacial score (nSPS) is 10.1. The van der Waals surface area contributed by atoms with Gasteiger partial charge in [-0.2, -0.15) is 0 Å². The highest BCUT2D eigenvalue weighted by Gasteiger charge is 2.11. The Morgan fingerprint density at radius 2 is 2.10 bits per heavy atom. The Kier molecular flexibility index (Phi) is 4.14. The molecule has 0 saturated heterocycles. The molecule has 0 aliphatic carbocycles. The number of aromatic amines is 1. The summed E-state index contributed by atoms with van der Waals surface area (Å²) < 4.78 is 0. The summed E-state index contributed by atoms with van der Waals surface area (Å²) in [7, 11) is 0. The van der Waals surface area contributed by atoms with Crippen LogP contribution < -0.4 is 10.6 Å². The van der Waals surface area contributed by atoms with Gasteiger partial charge in [0.1, 0.15) is 0 Å². The highest BCUT2D eigenvalue weighted by atomic mass is 16.2. The van der Waals surface area contributed by atoms with Gasteiger partial charge in [-0.25, -0.2) is 4.98 Å². The van der Waals surface area contributed by atoms with E-state index in [1.54, 1.807) is 12.3 Å². The molecule has 0 spiro atoms. The molecule has 6 heteroatoms. The first-order chi connectivity index (χ1) is 9.60. The van der Waals surface area contributed by atoms with E-state index in [4.69, 9.17) is 0 Å². The summed E-state index contributed by atoms with van der Waals surface area (Å²) >= 11 is 0. The van der Waals surface area contributed by atoms with E-state index in [-0.39, 0.29) is 17.6 Å². The third kappa shape index (κ3) is 3.23. The maximum atomic E-state index is 12.0. The molecule has 3 N–H and O–H groups in total. The maximum absolute atomic E-state index is 12.0. The van der Waals surface area contributed by atoms with Gasteiger partial charge in [-0.15, -0.1) is 0 Å². The second kappa shape index (κ2) is 6.01. The van der Waals surface area contributed by atoms with Crippen LogP contribution in [0.5, 0.6) is 0 Å². The number of carbonyl (C=O) groups is 2. The predicted molar refractivity (Wildman–Crippen MR) is 76.7 cm³/mol. The lowest BCUT2D eigenvalue weighted by Crippen LogP contribution is -2.15. The molecule has 0 unspecified atom stereocenters. The molecular weight excluding hydrogens is 256 g/mol. The second-order valence-electron chi connectivity index (χ2n) is 4.30. The van der Waals surface area contributed by atoms with Crippen LogP contribution in [0.15, 0.2) is 30.6 Å². The number of carbonyl (C=O) groups excluding carboxylic acids is 2. The van der Waals surface area contributed by atoms with Crippen LogP contribution in [-0.4, -0.2) is 21.8 Å². The number of nitrogens with zero attached hydrogens (tertiary/aromatic N) is 1. The SMILES string of the molecule is CCc1ccc(NC(C)=O)cc1NC(=O)c1ncc[nH]1. The number of benzene rings is 1. The zero-order valence-corrected chi connectivity index (χ0v) is 11.4. The third-order valence-corrected chi connectivity index (χ3v) is 2.77. The van der Waals surface area contributed by atoms with E-state index < -0.39 is 0 Å². The number of amides is 2. The van der Waals surface area contributed by atoms with Gasteiger partial charge in [-0.1, -0.05) is 13.0 Å². The topological polar surface area (TPSA) is 86.9 Å². The first-order valence-electron chi connectivity index (χ1n) is 6.31. The van der Waals surface area contributed by atoms with Crippen molar-refractivity contribution in [3.05, 3.63) is 42.0 Å². The molecule has 104 valence electrons. The fourth-order valence-electron chi connectivity index (χ4n) is 1.85. The molecule has 0 radical (unpaired) electrons. The van der Waals surface area contributed by atoms with Crippen molar-refractivity contribution in [2.75, 3.05) is 10.6 Å². The minimum atomic E-state index is -0.315. The Hall–Kier alpha value is -2.63. The minimum Gasteiger partial charge on any atom is -0.341 e. The highest BCUT2D eigenvalue weighted by molar-refractivity contribution is 6.02. The summed E-state index contributed by atoms with van der Waals surface area (Å²) in [6, 6.07) is 5.42. The smallest absolute Gasteiger partial charge is 0.291 e. The number of anilines is 2. The van der Waals surface area contributed by atoms with Gasteiger partial charge in [-0.3, -0.25) is 9.59 Å². The van der Waals surface area contributed by atoms with Crippen LogP contribution >= 0.6 is 0 Å². The van der Waals surface area contributed by atoms with Gasteiger partial charge in [0.05, 0.1) is 0 Å². The van der Waals surface area contributed by atoms with E-state index in [2.05, 4.69) is 20.6 Å². The number of rotatable bonds is 4. The number of H-pyrrole nitrogens is 1. The Morgan fingerprint density at radius 1 is 1.30 bits per heavy atom. The predicted octanol–water partition coefficient (Wildman–Crippen LogP) is 2.18. The van der Waals surface area contributed by atoms with Gasteiger partial charge in [0.2, 0.25) is 5.91 Å². The van der Waals surface area contributed by atoms with Crippen molar-refractivity contribution < 1.29 is 9.59 Å².